The summed E-state index contributed by atoms with van der Waals surface area (Å²) >= 11 is 1.21. The van der Waals surface area contributed by atoms with E-state index in [0.29, 0.717) is 11.7 Å². The molecule has 0 saturated carbocycles. The van der Waals surface area contributed by atoms with E-state index in [1.54, 1.807) is 0 Å². The SMILES string of the molecule is NC(=O)c1csc(NC(=O)C2CCCNC2)n1. The van der Waals surface area contributed by atoms with E-state index in [1.165, 1.54) is 16.7 Å². The zero-order chi connectivity index (χ0) is 12.3. The normalized spacial score (nSPS) is 19.9. The first-order valence-corrected chi connectivity index (χ1v) is 6.31. The van der Waals surface area contributed by atoms with Gasteiger partial charge in [-0.25, -0.2) is 4.98 Å². The molecule has 0 radical (unpaired) electrons. The van der Waals surface area contributed by atoms with Crippen molar-refractivity contribution in [3.8, 4) is 0 Å². The number of thiazole rings is 1. The van der Waals surface area contributed by atoms with Crippen molar-refractivity contribution < 1.29 is 9.59 Å². The Bertz CT molecular complexity index is 426. The molecular weight excluding hydrogens is 240 g/mol. The van der Waals surface area contributed by atoms with Gasteiger partial charge < -0.3 is 16.4 Å². The largest absolute Gasteiger partial charge is 0.364 e. The Labute approximate surface area is 103 Å². The molecule has 0 aliphatic carbocycles. The van der Waals surface area contributed by atoms with Crippen molar-refractivity contribution in [3.05, 3.63) is 11.1 Å². The molecule has 1 unspecified atom stereocenters. The van der Waals surface area contributed by atoms with Crippen molar-refractivity contribution in [1.82, 2.24) is 10.3 Å². The molecule has 4 N–H and O–H groups in total. The fourth-order valence-corrected chi connectivity index (χ4v) is 2.43. The maximum atomic E-state index is 11.8. The number of rotatable bonds is 3. The smallest absolute Gasteiger partial charge is 0.268 e. The van der Waals surface area contributed by atoms with Gasteiger partial charge in [0.05, 0.1) is 5.92 Å². The molecule has 0 bridgehead atoms. The third kappa shape index (κ3) is 3.01. The lowest BCUT2D eigenvalue weighted by Crippen LogP contribution is -2.37. The summed E-state index contributed by atoms with van der Waals surface area (Å²) in [6.07, 6.45) is 1.88. The molecule has 7 heteroatoms. The minimum absolute atomic E-state index is 0.0234. The van der Waals surface area contributed by atoms with Gasteiger partial charge in [0.2, 0.25) is 5.91 Å². The average molecular weight is 254 g/mol. The Morgan fingerprint density at radius 2 is 2.41 bits per heavy atom. The first-order valence-electron chi connectivity index (χ1n) is 5.43. The first kappa shape index (κ1) is 12.0. The van der Waals surface area contributed by atoms with Gasteiger partial charge in [0.1, 0.15) is 5.69 Å². The van der Waals surface area contributed by atoms with Crippen molar-refractivity contribution >= 4 is 28.3 Å². The number of nitrogens with one attached hydrogen (secondary N) is 2. The summed E-state index contributed by atoms with van der Waals surface area (Å²) in [6.45, 7) is 1.66. The van der Waals surface area contributed by atoms with Gasteiger partial charge in [-0.05, 0) is 19.4 Å². The van der Waals surface area contributed by atoms with Crippen molar-refractivity contribution in [2.45, 2.75) is 12.8 Å². The third-order valence-corrected chi connectivity index (χ3v) is 3.41. The lowest BCUT2D eigenvalue weighted by molar-refractivity contribution is -0.120. The summed E-state index contributed by atoms with van der Waals surface area (Å²) in [5.74, 6) is -0.659. The van der Waals surface area contributed by atoms with Crippen LogP contribution < -0.4 is 16.4 Å². The zero-order valence-corrected chi connectivity index (χ0v) is 10.0. The van der Waals surface area contributed by atoms with Gasteiger partial charge in [-0.2, -0.15) is 0 Å². The van der Waals surface area contributed by atoms with Gasteiger partial charge in [-0.3, -0.25) is 9.59 Å². The van der Waals surface area contributed by atoms with Crippen LogP contribution >= 0.6 is 11.3 Å². The number of primary amides is 1. The molecule has 1 aromatic heterocycles. The molecule has 0 spiro atoms. The summed E-state index contributed by atoms with van der Waals surface area (Å²) in [7, 11) is 0. The molecule has 1 aliphatic rings. The highest BCUT2D eigenvalue weighted by atomic mass is 32.1. The van der Waals surface area contributed by atoms with Gasteiger partial charge >= 0.3 is 0 Å². The van der Waals surface area contributed by atoms with Crippen LogP contribution in [-0.2, 0) is 4.79 Å². The molecule has 92 valence electrons. The number of anilines is 1. The number of hydrogen-bond acceptors (Lipinski definition) is 5. The minimum atomic E-state index is -0.582. The van der Waals surface area contributed by atoms with Crippen LogP contribution in [0.25, 0.3) is 0 Å². The predicted octanol–water partition coefficient (Wildman–Crippen LogP) is 0.180. The quantitative estimate of drug-likeness (QED) is 0.716. The van der Waals surface area contributed by atoms with Gasteiger partial charge in [-0.1, -0.05) is 0 Å². The molecule has 1 saturated heterocycles. The van der Waals surface area contributed by atoms with E-state index >= 15 is 0 Å². The number of carbonyl (C=O) groups excluding carboxylic acids is 2. The number of carbonyl (C=O) groups is 2. The second-order valence-electron chi connectivity index (χ2n) is 3.93. The van der Waals surface area contributed by atoms with E-state index in [2.05, 4.69) is 15.6 Å². The lowest BCUT2D eigenvalue weighted by atomic mass is 9.99. The molecule has 1 fully saturated rings. The second kappa shape index (κ2) is 5.24. The van der Waals surface area contributed by atoms with E-state index in [1.807, 2.05) is 0 Å². The van der Waals surface area contributed by atoms with E-state index in [0.717, 1.165) is 19.4 Å². The molecule has 1 aromatic rings. The highest BCUT2D eigenvalue weighted by molar-refractivity contribution is 7.14. The van der Waals surface area contributed by atoms with E-state index in [4.69, 9.17) is 5.73 Å². The molecule has 6 nitrogen and oxygen atoms in total. The van der Waals surface area contributed by atoms with Gasteiger partial charge in [-0.15, -0.1) is 11.3 Å². The number of hydrogen-bond donors (Lipinski definition) is 3. The fourth-order valence-electron chi connectivity index (χ4n) is 1.73. The van der Waals surface area contributed by atoms with Crippen LogP contribution in [0.2, 0.25) is 0 Å². The van der Waals surface area contributed by atoms with E-state index in [9.17, 15) is 9.59 Å². The lowest BCUT2D eigenvalue weighted by Gasteiger charge is -2.21. The number of nitrogens with two attached hydrogens (primary N) is 1. The topological polar surface area (TPSA) is 97.1 Å². The van der Waals surface area contributed by atoms with E-state index in [-0.39, 0.29) is 17.5 Å². The maximum Gasteiger partial charge on any atom is 0.268 e. The first-order chi connectivity index (χ1) is 8.16. The summed E-state index contributed by atoms with van der Waals surface area (Å²) < 4.78 is 0. The van der Waals surface area contributed by atoms with Crippen molar-refractivity contribution in [3.63, 3.8) is 0 Å². The Morgan fingerprint density at radius 1 is 1.59 bits per heavy atom. The Morgan fingerprint density at radius 3 is 3.00 bits per heavy atom. The fraction of sp³-hybridized carbons (Fsp3) is 0.500. The van der Waals surface area contributed by atoms with Crippen LogP contribution in [0.15, 0.2) is 5.38 Å². The number of piperidine rings is 1. The Balaban J connectivity index is 1.94. The number of nitrogens with zero attached hydrogens (tertiary/aromatic N) is 1. The zero-order valence-electron chi connectivity index (χ0n) is 9.23. The summed E-state index contributed by atoms with van der Waals surface area (Å²) in [4.78, 5) is 26.6. The second-order valence-corrected chi connectivity index (χ2v) is 4.79. The molecule has 2 rings (SSSR count). The minimum Gasteiger partial charge on any atom is -0.364 e. The summed E-state index contributed by atoms with van der Waals surface area (Å²) in [6, 6.07) is 0. The maximum absolute atomic E-state index is 11.8. The standard InChI is InChI=1S/C10H14N4O2S/c11-8(15)7-5-17-10(13-7)14-9(16)6-2-1-3-12-4-6/h5-6,12H,1-4H2,(H2,11,15)(H,13,14,16). The van der Waals surface area contributed by atoms with Crippen molar-refractivity contribution in [1.29, 1.82) is 0 Å². The monoisotopic (exact) mass is 254 g/mol. The van der Waals surface area contributed by atoms with Crippen LogP contribution in [0, 0.1) is 5.92 Å². The molecular formula is C10H14N4O2S. The van der Waals surface area contributed by atoms with Crippen LogP contribution in [0.4, 0.5) is 5.13 Å². The number of aromatic nitrogens is 1. The average Bonchev–Trinajstić information content (AvgIpc) is 2.79. The Hall–Kier alpha value is -1.47. The Kier molecular flexibility index (Phi) is 3.70. The van der Waals surface area contributed by atoms with Crippen molar-refractivity contribution in [2.24, 2.45) is 11.7 Å². The summed E-state index contributed by atoms with van der Waals surface area (Å²) in [5.41, 5.74) is 5.27. The third-order valence-electron chi connectivity index (χ3n) is 2.65. The molecule has 1 aliphatic heterocycles. The molecule has 2 amide bonds. The predicted molar refractivity (Wildman–Crippen MR) is 64.9 cm³/mol. The van der Waals surface area contributed by atoms with Gasteiger partial charge in [0.25, 0.3) is 5.91 Å². The molecule has 1 atom stereocenters. The molecule has 2 heterocycles. The highest BCUT2D eigenvalue weighted by Crippen LogP contribution is 2.18. The van der Waals surface area contributed by atoms with Crippen LogP contribution in [-0.4, -0.2) is 29.9 Å². The molecule has 17 heavy (non-hydrogen) atoms. The van der Waals surface area contributed by atoms with Crippen molar-refractivity contribution in [2.75, 3.05) is 18.4 Å². The number of amides is 2. The van der Waals surface area contributed by atoms with Crippen LogP contribution in [0.1, 0.15) is 23.3 Å². The van der Waals surface area contributed by atoms with E-state index < -0.39 is 5.91 Å². The highest BCUT2D eigenvalue weighted by Gasteiger charge is 2.21. The van der Waals surface area contributed by atoms with Gasteiger partial charge in [0, 0.05) is 11.9 Å². The van der Waals surface area contributed by atoms with Crippen LogP contribution in [0.5, 0.6) is 0 Å². The summed E-state index contributed by atoms with van der Waals surface area (Å²) in [5, 5.41) is 7.84. The molecule has 0 aromatic carbocycles. The van der Waals surface area contributed by atoms with Gasteiger partial charge in [0.15, 0.2) is 5.13 Å². The van der Waals surface area contributed by atoms with Crippen LogP contribution in [0.3, 0.4) is 0 Å².